The average Bonchev–Trinajstić information content (AvgIpc) is 2.80. The second kappa shape index (κ2) is 5.73. The largest absolute Gasteiger partial charge is 0.481 e. The first kappa shape index (κ1) is 12.7. The molecule has 0 aliphatic rings. The third-order valence-corrected chi connectivity index (χ3v) is 3.81. The van der Waals surface area contributed by atoms with Crippen LogP contribution < -0.4 is 0 Å². The number of thiazole rings is 1. The number of aromatic nitrogens is 2. The normalized spacial score (nSPS) is 10.5. The van der Waals surface area contributed by atoms with E-state index in [0.29, 0.717) is 6.42 Å². The number of carboxylic acid groups (broad SMARTS) is 1. The molecule has 94 valence electrons. The molecule has 0 unspecified atom stereocenters. The summed E-state index contributed by atoms with van der Waals surface area (Å²) in [5, 5.41) is 9.68. The predicted molar refractivity (Wildman–Crippen MR) is 70.7 cm³/mol. The molecular formula is C13H14N2O2S. The SMILES string of the molecule is CCc1nc(-c2ccncc2)sc1CCC(=O)O. The molecule has 0 amide bonds. The number of hydrogen-bond acceptors (Lipinski definition) is 4. The van der Waals surface area contributed by atoms with E-state index in [1.807, 2.05) is 19.1 Å². The zero-order valence-electron chi connectivity index (χ0n) is 10.1. The molecular weight excluding hydrogens is 248 g/mol. The van der Waals surface area contributed by atoms with Crippen molar-refractivity contribution in [2.45, 2.75) is 26.2 Å². The number of rotatable bonds is 5. The molecule has 0 aliphatic carbocycles. The summed E-state index contributed by atoms with van der Waals surface area (Å²) in [5.74, 6) is -0.768. The highest BCUT2D eigenvalue weighted by Crippen LogP contribution is 2.28. The van der Waals surface area contributed by atoms with Crippen molar-refractivity contribution < 1.29 is 9.90 Å². The second-order valence-corrected chi connectivity index (χ2v) is 4.96. The third kappa shape index (κ3) is 2.92. The minimum absolute atomic E-state index is 0.158. The lowest BCUT2D eigenvalue weighted by Crippen LogP contribution is -1.98. The maximum absolute atomic E-state index is 10.6. The van der Waals surface area contributed by atoms with E-state index in [2.05, 4.69) is 9.97 Å². The summed E-state index contributed by atoms with van der Waals surface area (Å²) in [5.41, 5.74) is 2.04. The first-order chi connectivity index (χ1) is 8.70. The molecule has 2 rings (SSSR count). The Morgan fingerprint density at radius 2 is 2.11 bits per heavy atom. The molecule has 0 fully saturated rings. The van der Waals surface area contributed by atoms with Crippen LogP contribution in [-0.2, 0) is 17.6 Å². The maximum Gasteiger partial charge on any atom is 0.303 e. The van der Waals surface area contributed by atoms with Crippen molar-refractivity contribution in [3.8, 4) is 10.6 Å². The maximum atomic E-state index is 10.6. The summed E-state index contributed by atoms with van der Waals surface area (Å²) >= 11 is 1.58. The highest BCUT2D eigenvalue weighted by atomic mass is 32.1. The Morgan fingerprint density at radius 3 is 2.72 bits per heavy atom. The van der Waals surface area contributed by atoms with Crippen LogP contribution in [0.15, 0.2) is 24.5 Å². The highest BCUT2D eigenvalue weighted by molar-refractivity contribution is 7.15. The van der Waals surface area contributed by atoms with Crippen LogP contribution in [0.4, 0.5) is 0 Å². The smallest absolute Gasteiger partial charge is 0.303 e. The highest BCUT2D eigenvalue weighted by Gasteiger charge is 2.12. The predicted octanol–water partition coefficient (Wildman–Crippen LogP) is 2.78. The summed E-state index contributed by atoms with van der Waals surface area (Å²) in [6.45, 7) is 2.04. The lowest BCUT2D eigenvalue weighted by Gasteiger charge is -1.95. The van der Waals surface area contributed by atoms with Crippen LogP contribution in [0.2, 0.25) is 0 Å². The Bertz CT molecular complexity index is 537. The molecule has 4 nitrogen and oxygen atoms in total. The standard InChI is InChI=1S/C13H14N2O2S/c1-2-10-11(3-4-12(16)17)18-13(15-10)9-5-7-14-8-6-9/h5-8H,2-4H2,1H3,(H,16,17). The van der Waals surface area contributed by atoms with E-state index in [1.165, 1.54) is 0 Å². The minimum Gasteiger partial charge on any atom is -0.481 e. The van der Waals surface area contributed by atoms with Gasteiger partial charge < -0.3 is 5.11 Å². The van der Waals surface area contributed by atoms with Gasteiger partial charge in [-0.25, -0.2) is 4.98 Å². The molecule has 5 heteroatoms. The number of aliphatic carboxylic acids is 1. The third-order valence-electron chi connectivity index (χ3n) is 2.61. The fraction of sp³-hybridized carbons (Fsp3) is 0.308. The van der Waals surface area contributed by atoms with Crippen LogP contribution in [-0.4, -0.2) is 21.0 Å². The molecule has 1 N–H and O–H groups in total. The van der Waals surface area contributed by atoms with Crippen molar-refractivity contribution in [3.05, 3.63) is 35.1 Å². The van der Waals surface area contributed by atoms with Gasteiger partial charge in [-0.15, -0.1) is 11.3 Å². The van der Waals surface area contributed by atoms with E-state index in [4.69, 9.17) is 5.11 Å². The van der Waals surface area contributed by atoms with Gasteiger partial charge >= 0.3 is 5.97 Å². The Morgan fingerprint density at radius 1 is 1.39 bits per heavy atom. The number of pyridine rings is 1. The van der Waals surface area contributed by atoms with Gasteiger partial charge in [0.05, 0.1) is 12.1 Å². The molecule has 18 heavy (non-hydrogen) atoms. The molecule has 2 heterocycles. The van der Waals surface area contributed by atoms with E-state index in [0.717, 1.165) is 27.6 Å². The Labute approximate surface area is 109 Å². The number of nitrogens with zero attached hydrogens (tertiary/aromatic N) is 2. The number of carboxylic acids is 1. The van der Waals surface area contributed by atoms with E-state index in [1.54, 1.807) is 23.7 Å². The lowest BCUT2D eigenvalue weighted by atomic mass is 10.2. The molecule has 0 aromatic carbocycles. The molecule has 0 bridgehead atoms. The molecule has 2 aromatic rings. The topological polar surface area (TPSA) is 63.1 Å². The van der Waals surface area contributed by atoms with Crippen LogP contribution in [0, 0.1) is 0 Å². The Hall–Kier alpha value is -1.75. The molecule has 0 radical (unpaired) electrons. The zero-order chi connectivity index (χ0) is 13.0. The van der Waals surface area contributed by atoms with Crippen molar-refractivity contribution in [3.63, 3.8) is 0 Å². The molecule has 0 spiro atoms. The molecule has 0 aliphatic heterocycles. The molecule has 0 atom stereocenters. The van der Waals surface area contributed by atoms with Gasteiger partial charge in [-0.05, 0) is 25.0 Å². The van der Waals surface area contributed by atoms with Crippen molar-refractivity contribution in [1.82, 2.24) is 9.97 Å². The van der Waals surface area contributed by atoms with Gasteiger partial charge in [-0.2, -0.15) is 0 Å². The van der Waals surface area contributed by atoms with E-state index >= 15 is 0 Å². The number of hydrogen-bond donors (Lipinski definition) is 1. The zero-order valence-corrected chi connectivity index (χ0v) is 10.9. The summed E-state index contributed by atoms with van der Waals surface area (Å²) in [6.07, 6.45) is 5.02. The second-order valence-electron chi connectivity index (χ2n) is 3.87. The summed E-state index contributed by atoms with van der Waals surface area (Å²) in [4.78, 5) is 20.3. The summed E-state index contributed by atoms with van der Waals surface area (Å²) < 4.78 is 0. The first-order valence-electron chi connectivity index (χ1n) is 5.81. The van der Waals surface area contributed by atoms with Gasteiger partial charge in [0, 0.05) is 22.8 Å². The van der Waals surface area contributed by atoms with Gasteiger partial charge in [0.15, 0.2) is 0 Å². The molecule has 2 aromatic heterocycles. The van der Waals surface area contributed by atoms with Gasteiger partial charge in [-0.1, -0.05) is 6.92 Å². The van der Waals surface area contributed by atoms with Crippen molar-refractivity contribution in [1.29, 1.82) is 0 Å². The van der Waals surface area contributed by atoms with Gasteiger partial charge in [-0.3, -0.25) is 9.78 Å². The minimum atomic E-state index is -0.768. The van der Waals surface area contributed by atoms with E-state index in [-0.39, 0.29) is 6.42 Å². The van der Waals surface area contributed by atoms with Crippen molar-refractivity contribution in [2.24, 2.45) is 0 Å². The quantitative estimate of drug-likeness (QED) is 0.900. The molecule has 0 saturated carbocycles. The van der Waals surface area contributed by atoms with Crippen LogP contribution in [0.1, 0.15) is 23.9 Å². The monoisotopic (exact) mass is 262 g/mol. The molecule has 0 saturated heterocycles. The van der Waals surface area contributed by atoms with Gasteiger partial charge in [0.1, 0.15) is 5.01 Å². The van der Waals surface area contributed by atoms with E-state index in [9.17, 15) is 4.79 Å². The van der Waals surface area contributed by atoms with Crippen LogP contribution >= 0.6 is 11.3 Å². The van der Waals surface area contributed by atoms with Crippen LogP contribution in [0.25, 0.3) is 10.6 Å². The van der Waals surface area contributed by atoms with Gasteiger partial charge in [0.2, 0.25) is 0 Å². The van der Waals surface area contributed by atoms with Crippen LogP contribution in [0.5, 0.6) is 0 Å². The average molecular weight is 262 g/mol. The summed E-state index contributed by atoms with van der Waals surface area (Å²) in [7, 11) is 0. The lowest BCUT2D eigenvalue weighted by molar-refractivity contribution is -0.136. The summed E-state index contributed by atoms with van der Waals surface area (Å²) in [6, 6.07) is 3.83. The van der Waals surface area contributed by atoms with Crippen LogP contribution in [0.3, 0.4) is 0 Å². The fourth-order valence-corrected chi connectivity index (χ4v) is 2.85. The van der Waals surface area contributed by atoms with Crippen molar-refractivity contribution in [2.75, 3.05) is 0 Å². The van der Waals surface area contributed by atoms with Gasteiger partial charge in [0.25, 0.3) is 0 Å². The van der Waals surface area contributed by atoms with E-state index < -0.39 is 5.97 Å². The Balaban J connectivity index is 2.26. The first-order valence-corrected chi connectivity index (χ1v) is 6.63. The number of carbonyl (C=O) groups is 1. The number of aryl methyl sites for hydroxylation is 2. The van der Waals surface area contributed by atoms with Crippen molar-refractivity contribution >= 4 is 17.3 Å². The Kier molecular flexibility index (Phi) is 4.04. The fourth-order valence-electron chi connectivity index (χ4n) is 1.69.